The molecular formula is C20H17NO5. The second-order valence-electron chi connectivity index (χ2n) is 5.63. The number of hydrogen-bond donors (Lipinski definition) is 1. The van der Waals surface area contributed by atoms with Crippen LogP contribution >= 0.6 is 0 Å². The number of furan rings is 1. The molecule has 6 heteroatoms. The second kappa shape index (κ2) is 7.65. The molecule has 3 rings (SSSR count). The van der Waals surface area contributed by atoms with Gasteiger partial charge in [-0.05, 0) is 36.4 Å². The van der Waals surface area contributed by atoms with E-state index in [0.717, 1.165) is 5.39 Å². The average Bonchev–Trinajstić information content (AvgIpc) is 3.10. The predicted octanol–water partition coefficient (Wildman–Crippen LogP) is 3.82. The van der Waals surface area contributed by atoms with Gasteiger partial charge in [-0.25, -0.2) is 4.79 Å². The van der Waals surface area contributed by atoms with Gasteiger partial charge in [0.15, 0.2) is 12.4 Å². The van der Waals surface area contributed by atoms with Crippen molar-refractivity contribution in [2.45, 2.75) is 13.3 Å². The maximum Gasteiger partial charge on any atom is 0.374 e. The number of para-hydroxylation sites is 1. The number of fused-ring (bicyclic) bond motifs is 1. The molecule has 0 spiro atoms. The lowest BCUT2D eigenvalue weighted by Gasteiger charge is -2.05. The number of Topliss-reactive ketones (excluding diaryl/α,β-unsaturated/α-hetero) is 1. The molecule has 2 aromatic carbocycles. The lowest BCUT2D eigenvalue weighted by Crippen LogP contribution is -2.14. The van der Waals surface area contributed by atoms with E-state index in [0.29, 0.717) is 23.3 Å². The summed E-state index contributed by atoms with van der Waals surface area (Å²) < 4.78 is 10.4. The number of esters is 1. The van der Waals surface area contributed by atoms with Gasteiger partial charge in [-0.3, -0.25) is 9.59 Å². The number of hydrogen-bond acceptors (Lipinski definition) is 5. The third-order valence-corrected chi connectivity index (χ3v) is 3.77. The number of ketones is 1. The van der Waals surface area contributed by atoms with E-state index in [2.05, 4.69) is 5.32 Å². The van der Waals surface area contributed by atoms with Crippen LogP contribution in [0.25, 0.3) is 11.0 Å². The zero-order chi connectivity index (χ0) is 18.5. The number of carbonyl (C=O) groups excluding carboxylic acids is 3. The van der Waals surface area contributed by atoms with E-state index in [1.54, 1.807) is 49.4 Å². The van der Waals surface area contributed by atoms with Gasteiger partial charge in [0.2, 0.25) is 11.7 Å². The summed E-state index contributed by atoms with van der Waals surface area (Å²) in [5.74, 6) is -1.09. The SMILES string of the molecule is CCC(=O)Nc1ccc(C(=O)COC(=O)c2cc3ccccc3o2)cc1. The Hall–Kier alpha value is -3.41. The lowest BCUT2D eigenvalue weighted by molar-refractivity contribution is -0.115. The Morgan fingerprint density at radius 1 is 1.04 bits per heavy atom. The molecule has 1 aromatic heterocycles. The van der Waals surface area contributed by atoms with Crippen molar-refractivity contribution in [2.24, 2.45) is 0 Å². The average molecular weight is 351 g/mol. The van der Waals surface area contributed by atoms with E-state index in [4.69, 9.17) is 9.15 Å². The number of amides is 1. The Balaban J connectivity index is 1.59. The fourth-order valence-electron chi connectivity index (χ4n) is 2.36. The van der Waals surface area contributed by atoms with Crippen LogP contribution in [0.15, 0.2) is 59.0 Å². The van der Waals surface area contributed by atoms with Crippen molar-refractivity contribution in [3.63, 3.8) is 0 Å². The quantitative estimate of drug-likeness (QED) is 0.539. The summed E-state index contributed by atoms with van der Waals surface area (Å²) >= 11 is 0. The van der Waals surface area contributed by atoms with Crippen LogP contribution in [0.5, 0.6) is 0 Å². The van der Waals surface area contributed by atoms with Gasteiger partial charge in [-0.15, -0.1) is 0 Å². The molecule has 0 fully saturated rings. The first-order chi connectivity index (χ1) is 12.6. The highest BCUT2D eigenvalue weighted by Gasteiger charge is 2.16. The Labute approximate surface area is 149 Å². The number of anilines is 1. The molecule has 1 N–H and O–H groups in total. The van der Waals surface area contributed by atoms with Crippen LogP contribution in [0.3, 0.4) is 0 Å². The fourth-order valence-corrected chi connectivity index (χ4v) is 2.36. The zero-order valence-corrected chi connectivity index (χ0v) is 14.2. The van der Waals surface area contributed by atoms with E-state index in [9.17, 15) is 14.4 Å². The van der Waals surface area contributed by atoms with E-state index in [-0.39, 0.29) is 17.5 Å². The highest BCUT2D eigenvalue weighted by atomic mass is 16.5. The van der Waals surface area contributed by atoms with Gasteiger partial charge >= 0.3 is 5.97 Å². The summed E-state index contributed by atoms with van der Waals surface area (Å²) in [7, 11) is 0. The van der Waals surface area contributed by atoms with Crippen molar-refractivity contribution in [1.82, 2.24) is 0 Å². The van der Waals surface area contributed by atoms with Gasteiger partial charge in [0.25, 0.3) is 0 Å². The van der Waals surface area contributed by atoms with Crippen molar-refractivity contribution in [3.8, 4) is 0 Å². The minimum atomic E-state index is -0.693. The molecule has 6 nitrogen and oxygen atoms in total. The molecule has 0 aliphatic heterocycles. The largest absolute Gasteiger partial charge is 0.451 e. The summed E-state index contributed by atoms with van der Waals surface area (Å²) in [4.78, 5) is 35.5. The zero-order valence-electron chi connectivity index (χ0n) is 14.2. The normalized spacial score (nSPS) is 10.5. The topological polar surface area (TPSA) is 85.6 Å². The number of nitrogens with one attached hydrogen (secondary N) is 1. The molecule has 0 aliphatic carbocycles. The van der Waals surface area contributed by atoms with Crippen molar-refractivity contribution in [3.05, 3.63) is 65.9 Å². The van der Waals surface area contributed by atoms with Crippen LogP contribution in [0, 0.1) is 0 Å². The van der Waals surface area contributed by atoms with Crippen molar-refractivity contribution < 1.29 is 23.5 Å². The molecule has 0 saturated carbocycles. The van der Waals surface area contributed by atoms with Gasteiger partial charge in [0, 0.05) is 23.1 Å². The van der Waals surface area contributed by atoms with Crippen molar-refractivity contribution in [2.75, 3.05) is 11.9 Å². The summed E-state index contributed by atoms with van der Waals surface area (Å²) in [6.07, 6.45) is 0.373. The third kappa shape index (κ3) is 3.97. The maximum absolute atomic E-state index is 12.1. The van der Waals surface area contributed by atoms with Crippen LogP contribution in [0.2, 0.25) is 0 Å². The van der Waals surface area contributed by atoms with Crippen molar-refractivity contribution >= 4 is 34.3 Å². The van der Waals surface area contributed by atoms with Crippen molar-refractivity contribution in [1.29, 1.82) is 0 Å². The fraction of sp³-hybridized carbons (Fsp3) is 0.150. The van der Waals surface area contributed by atoms with Gasteiger partial charge in [0.1, 0.15) is 5.58 Å². The van der Waals surface area contributed by atoms with Gasteiger partial charge in [0.05, 0.1) is 0 Å². The third-order valence-electron chi connectivity index (χ3n) is 3.77. The Morgan fingerprint density at radius 2 is 1.77 bits per heavy atom. The monoisotopic (exact) mass is 351 g/mol. The molecule has 0 unspecified atom stereocenters. The molecule has 0 atom stereocenters. The second-order valence-corrected chi connectivity index (χ2v) is 5.63. The standard InChI is InChI=1S/C20H17NO5/c1-2-19(23)21-15-9-7-13(8-10-15)16(22)12-25-20(24)18-11-14-5-3-4-6-17(14)26-18/h3-11H,2,12H2,1H3,(H,21,23). The first-order valence-corrected chi connectivity index (χ1v) is 8.15. The molecule has 0 saturated heterocycles. The molecule has 0 aliphatic rings. The van der Waals surface area contributed by atoms with E-state index in [1.807, 2.05) is 12.1 Å². The Kier molecular flexibility index (Phi) is 5.12. The smallest absolute Gasteiger partial charge is 0.374 e. The molecular weight excluding hydrogens is 334 g/mol. The number of ether oxygens (including phenoxy) is 1. The first-order valence-electron chi connectivity index (χ1n) is 8.15. The van der Waals surface area contributed by atoms with Gasteiger partial charge in [-0.1, -0.05) is 25.1 Å². The summed E-state index contributed by atoms with van der Waals surface area (Å²) in [6, 6.07) is 15.2. The van der Waals surface area contributed by atoms with Crippen LogP contribution in [-0.2, 0) is 9.53 Å². The van der Waals surface area contributed by atoms with Crippen LogP contribution in [0.4, 0.5) is 5.69 Å². The summed E-state index contributed by atoms with van der Waals surface area (Å²) in [5.41, 5.74) is 1.57. The molecule has 1 heterocycles. The molecule has 0 bridgehead atoms. The minimum Gasteiger partial charge on any atom is -0.451 e. The lowest BCUT2D eigenvalue weighted by atomic mass is 10.1. The maximum atomic E-state index is 12.1. The number of carbonyl (C=O) groups is 3. The van der Waals surface area contributed by atoms with E-state index >= 15 is 0 Å². The summed E-state index contributed by atoms with van der Waals surface area (Å²) in [5, 5.41) is 3.48. The molecule has 132 valence electrons. The van der Waals surface area contributed by atoms with E-state index in [1.165, 1.54) is 0 Å². The minimum absolute atomic E-state index is 0.0524. The van der Waals surface area contributed by atoms with Gasteiger partial charge < -0.3 is 14.5 Å². The summed E-state index contributed by atoms with van der Waals surface area (Å²) in [6.45, 7) is 1.36. The Bertz CT molecular complexity index is 923. The first kappa shape index (κ1) is 17.4. The highest BCUT2D eigenvalue weighted by molar-refractivity contribution is 6.00. The molecule has 3 aromatic rings. The van der Waals surface area contributed by atoms with Crippen LogP contribution < -0.4 is 5.32 Å². The molecule has 1 amide bonds. The predicted molar refractivity (Wildman–Crippen MR) is 96.2 cm³/mol. The van der Waals surface area contributed by atoms with Crippen LogP contribution in [0.1, 0.15) is 34.3 Å². The number of rotatable bonds is 6. The van der Waals surface area contributed by atoms with E-state index < -0.39 is 12.6 Å². The molecule has 0 radical (unpaired) electrons. The highest BCUT2D eigenvalue weighted by Crippen LogP contribution is 2.19. The molecule has 26 heavy (non-hydrogen) atoms. The Morgan fingerprint density at radius 3 is 2.46 bits per heavy atom. The van der Waals surface area contributed by atoms with Crippen LogP contribution in [-0.4, -0.2) is 24.3 Å². The number of benzene rings is 2. The van der Waals surface area contributed by atoms with Gasteiger partial charge in [-0.2, -0.15) is 0 Å².